The van der Waals surface area contributed by atoms with E-state index in [9.17, 15) is 4.39 Å². The predicted octanol–water partition coefficient (Wildman–Crippen LogP) is 1.74. The smallest absolute Gasteiger partial charge is 0.228 e. The maximum Gasteiger partial charge on any atom is 0.228 e. The van der Waals surface area contributed by atoms with Gasteiger partial charge in [-0.3, -0.25) is 0 Å². The molecule has 0 saturated carbocycles. The van der Waals surface area contributed by atoms with Crippen LogP contribution in [0.4, 0.5) is 16.2 Å². The van der Waals surface area contributed by atoms with E-state index in [0.29, 0.717) is 30.7 Å². The molecule has 6 nitrogen and oxygen atoms in total. The van der Waals surface area contributed by atoms with Crippen molar-refractivity contribution < 1.29 is 9.13 Å². The molecule has 0 unspecified atom stereocenters. The van der Waals surface area contributed by atoms with Gasteiger partial charge < -0.3 is 14.5 Å². The Morgan fingerprint density at radius 2 is 1.86 bits per heavy atom. The zero-order valence-corrected chi connectivity index (χ0v) is 12.4. The van der Waals surface area contributed by atoms with Gasteiger partial charge in [-0.2, -0.15) is 4.98 Å². The quantitative estimate of drug-likeness (QED) is 0.861. The Morgan fingerprint density at radius 1 is 1.05 bits per heavy atom. The highest BCUT2D eigenvalue weighted by Gasteiger charge is 2.20. The highest BCUT2D eigenvalue weighted by molar-refractivity contribution is 5.41. The molecule has 1 saturated heterocycles. The molecule has 3 rings (SSSR count). The van der Waals surface area contributed by atoms with Crippen LogP contribution in [0, 0.1) is 5.82 Å². The van der Waals surface area contributed by atoms with Gasteiger partial charge in [-0.15, -0.1) is 0 Å². The van der Waals surface area contributed by atoms with Gasteiger partial charge in [-0.25, -0.2) is 14.4 Å². The molecular weight excluding hydrogens is 285 g/mol. The van der Waals surface area contributed by atoms with Crippen molar-refractivity contribution >= 4 is 11.8 Å². The average Bonchev–Trinajstić information content (AvgIpc) is 2.81. The van der Waals surface area contributed by atoms with E-state index in [2.05, 4.69) is 19.9 Å². The molecule has 2 aromatic heterocycles. The number of ether oxygens (including phenoxy) is 1. The summed E-state index contributed by atoms with van der Waals surface area (Å²) in [5.41, 5.74) is 0. The number of hydrogen-bond acceptors (Lipinski definition) is 6. The van der Waals surface area contributed by atoms with Crippen LogP contribution in [0.25, 0.3) is 0 Å². The lowest BCUT2D eigenvalue weighted by Gasteiger charge is -2.23. The number of rotatable bonds is 3. The molecule has 0 bridgehead atoms. The van der Waals surface area contributed by atoms with Crippen LogP contribution >= 0.6 is 0 Å². The van der Waals surface area contributed by atoms with Crippen LogP contribution in [-0.2, 0) is 0 Å². The van der Waals surface area contributed by atoms with Gasteiger partial charge in [0.05, 0.1) is 7.11 Å². The molecule has 1 aliphatic heterocycles. The van der Waals surface area contributed by atoms with Gasteiger partial charge in [0.25, 0.3) is 0 Å². The van der Waals surface area contributed by atoms with E-state index in [1.54, 1.807) is 31.6 Å². The standard InChI is InChI=1S/C15H18FN5O/c1-22-13-5-7-18-15(19-13)21-9-3-8-20(10-11-21)14-12(16)4-2-6-17-14/h2,4-7H,3,8-11H2,1H3. The summed E-state index contributed by atoms with van der Waals surface area (Å²) in [5.74, 6) is 1.31. The van der Waals surface area contributed by atoms with Crippen molar-refractivity contribution in [3.8, 4) is 5.88 Å². The van der Waals surface area contributed by atoms with Gasteiger partial charge >= 0.3 is 0 Å². The lowest BCUT2D eigenvalue weighted by atomic mass is 10.3. The fourth-order valence-electron chi connectivity index (χ4n) is 2.54. The molecule has 0 atom stereocenters. The molecule has 0 N–H and O–H groups in total. The topological polar surface area (TPSA) is 54.4 Å². The van der Waals surface area contributed by atoms with Crippen LogP contribution in [0.3, 0.4) is 0 Å². The summed E-state index contributed by atoms with van der Waals surface area (Å²) < 4.78 is 19.0. The maximum absolute atomic E-state index is 13.9. The number of methoxy groups -OCH3 is 1. The second-order valence-electron chi connectivity index (χ2n) is 5.04. The minimum Gasteiger partial charge on any atom is -0.481 e. The number of aromatic nitrogens is 3. The first kappa shape index (κ1) is 14.5. The van der Waals surface area contributed by atoms with Crippen LogP contribution < -0.4 is 14.5 Å². The van der Waals surface area contributed by atoms with Crippen molar-refractivity contribution in [2.75, 3.05) is 43.1 Å². The zero-order chi connectivity index (χ0) is 15.4. The Kier molecular flexibility index (Phi) is 4.32. The van der Waals surface area contributed by atoms with Crippen molar-refractivity contribution in [2.45, 2.75) is 6.42 Å². The molecule has 0 spiro atoms. The molecule has 0 aliphatic carbocycles. The highest BCUT2D eigenvalue weighted by Crippen LogP contribution is 2.19. The van der Waals surface area contributed by atoms with Gasteiger partial charge in [0.1, 0.15) is 0 Å². The number of halogens is 1. The fraction of sp³-hybridized carbons (Fsp3) is 0.400. The van der Waals surface area contributed by atoms with E-state index in [1.165, 1.54) is 6.07 Å². The third kappa shape index (κ3) is 3.08. The maximum atomic E-state index is 13.9. The number of pyridine rings is 1. The van der Waals surface area contributed by atoms with Crippen LogP contribution in [0.15, 0.2) is 30.6 Å². The summed E-state index contributed by atoms with van der Waals surface area (Å²) in [6.07, 6.45) is 4.19. The van der Waals surface area contributed by atoms with E-state index < -0.39 is 0 Å². The lowest BCUT2D eigenvalue weighted by Crippen LogP contribution is -2.32. The van der Waals surface area contributed by atoms with E-state index in [1.807, 2.05) is 4.90 Å². The largest absolute Gasteiger partial charge is 0.481 e. The SMILES string of the molecule is COc1ccnc(N2CCCN(c3ncccc3F)CC2)n1. The lowest BCUT2D eigenvalue weighted by molar-refractivity contribution is 0.396. The van der Waals surface area contributed by atoms with E-state index in [-0.39, 0.29) is 5.82 Å². The molecular formula is C15H18FN5O. The van der Waals surface area contributed by atoms with Crippen molar-refractivity contribution in [3.63, 3.8) is 0 Å². The predicted molar refractivity (Wildman–Crippen MR) is 81.8 cm³/mol. The first-order valence-corrected chi connectivity index (χ1v) is 7.25. The average molecular weight is 303 g/mol. The van der Waals surface area contributed by atoms with Gasteiger partial charge in [0, 0.05) is 44.6 Å². The van der Waals surface area contributed by atoms with E-state index >= 15 is 0 Å². The van der Waals surface area contributed by atoms with Crippen molar-refractivity contribution in [1.29, 1.82) is 0 Å². The van der Waals surface area contributed by atoms with Crippen molar-refractivity contribution in [2.24, 2.45) is 0 Å². The first-order chi connectivity index (χ1) is 10.8. The first-order valence-electron chi connectivity index (χ1n) is 7.25. The van der Waals surface area contributed by atoms with Gasteiger partial charge in [0.15, 0.2) is 11.6 Å². The normalized spacial score (nSPS) is 15.5. The minimum absolute atomic E-state index is 0.284. The van der Waals surface area contributed by atoms with E-state index in [4.69, 9.17) is 4.74 Å². The van der Waals surface area contributed by atoms with Crippen molar-refractivity contribution in [1.82, 2.24) is 15.0 Å². The molecule has 0 amide bonds. The number of hydrogen-bond donors (Lipinski definition) is 0. The van der Waals surface area contributed by atoms with Gasteiger partial charge in [-0.05, 0) is 18.6 Å². The second kappa shape index (κ2) is 6.55. The summed E-state index contributed by atoms with van der Waals surface area (Å²) in [5, 5.41) is 0. The Hall–Kier alpha value is -2.44. The third-order valence-electron chi connectivity index (χ3n) is 3.64. The summed E-state index contributed by atoms with van der Waals surface area (Å²) in [7, 11) is 1.58. The van der Waals surface area contributed by atoms with Gasteiger partial charge in [0.2, 0.25) is 11.8 Å². The third-order valence-corrected chi connectivity index (χ3v) is 3.64. The Balaban J connectivity index is 1.73. The minimum atomic E-state index is -0.284. The number of nitrogens with zero attached hydrogens (tertiary/aromatic N) is 5. The highest BCUT2D eigenvalue weighted by atomic mass is 19.1. The van der Waals surface area contributed by atoms with Crippen LogP contribution in [0.2, 0.25) is 0 Å². The van der Waals surface area contributed by atoms with Crippen molar-refractivity contribution in [3.05, 3.63) is 36.4 Å². The molecule has 0 aromatic carbocycles. The molecule has 2 aromatic rings. The Labute approximate surface area is 128 Å². The molecule has 1 fully saturated rings. The molecule has 116 valence electrons. The molecule has 3 heterocycles. The molecule has 1 aliphatic rings. The summed E-state index contributed by atoms with van der Waals surface area (Å²) >= 11 is 0. The van der Waals surface area contributed by atoms with E-state index in [0.717, 1.165) is 19.5 Å². The second-order valence-corrected chi connectivity index (χ2v) is 5.04. The zero-order valence-electron chi connectivity index (χ0n) is 12.4. The van der Waals surface area contributed by atoms with Gasteiger partial charge in [-0.1, -0.05) is 0 Å². The fourth-order valence-corrected chi connectivity index (χ4v) is 2.54. The number of anilines is 2. The van der Waals surface area contributed by atoms with Crippen LogP contribution in [-0.4, -0.2) is 48.2 Å². The summed E-state index contributed by atoms with van der Waals surface area (Å²) in [4.78, 5) is 16.9. The summed E-state index contributed by atoms with van der Waals surface area (Å²) in [6.45, 7) is 2.96. The molecule has 0 radical (unpaired) electrons. The summed E-state index contributed by atoms with van der Waals surface area (Å²) in [6, 6.07) is 4.76. The molecule has 22 heavy (non-hydrogen) atoms. The molecule has 7 heteroatoms. The Morgan fingerprint density at radius 3 is 2.68 bits per heavy atom. The van der Waals surface area contributed by atoms with Crippen LogP contribution in [0.5, 0.6) is 5.88 Å². The monoisotopic (exact) mass is 303 g/mol. The Bertz CT molecular complexity index is 639. The van der Waals surface area contributed by atoms with Crippen LogP contribution in [0.1, 0.15) is 6.42 Å².